The molecular formula is C14H15ClN2O3S2. The second-order valence-corrected chi connectivity index (χ2v) is 9.03. The number of amidine groups is 1. The SMILES string of the molecule is CCC(=O)N=C1S[C@@H]2CS(=O)(=O)C[C@@H]2N1c1ccccc1Cl. The molecule has 1 aromatic carbocycles. The molecule has 0 aromatic heterocycles. The van der Waals surface area contributed by atoms with Gasteiger partial charge in [0.1, 0.15) is 0 Å². The summed E-state index contributed by atoms with van der Waals surface area (Å²) in [5, 5.41) is 0.958. The van der Waals surface area contributed by atoms with E-state index in [1.54, 1.807) is 13.0 Å². The lowest BCUT2D eigenvalue weighted by Crippen LogP contribution is -2.37. The molecule has 2 aliphatic rings. The average molecular weight is 359 g/mol. The van der Waals surface area contributed by atoms with Crippen LogP contribution in [-0.2, 0) is 14.6 Å². The number of sulfone groups is 1. The zero-order valence-corrected chi connectivity index (χ0v) is 14.3. The number of rotatable bonds is 2. The van der Waals surface area contributed by atoms with Crippen LogP contribution >= 0.6 is 23.4 Å². The molecular weight excluding hydrogens is 344 g/mol. The topological polar surface area (TPSA) is 66.8 Å². The molecule has 3 rings (SSSR count). The van der Waals surface area contributed by atoms with Gasteiger partial charge in [-0.2, -0.15) is 4.99 Å². The lowest BCUT2D eigenvalue weighted by Gasteiger charge is -2.25. The van der Waals surface area contributed by atoms with Gasteiger partial charge >= 0.3 is 0 Å². The number of fused-ring (bicyclic) bond motifs is 1. The van der Waals surface area contributed by atoms with Gasteiger partial charge in [-0.15, -0.1) is 0 Å². The standard InChI is InChI=1S/C14H15ClN2O3S2/c1-2-13(18)16-14-17(10-6-4-3-5-9(10)15)11-7-22(19,20)8-12(11)21-14/h3-6,11-12H,2,7-8H2,1H3/t11-,12+/m0/s1. The summed E-state index contributed by atoms with van der Waals surface area (Å²) < 4.78 is 23.8. The van der Waals surface area contributed by atoms with Gasteiger partial charge in [0, 0.05) is 11.7 Å². The van der Waals surface area contributed by atoms with Crippen molar-refractivity contribution >= 4 is 50.0 Å². The Hall–Kier alpha value is -1.05. The molecule has 8 heteroatoms. The highest BCUT2D eigenvalue weighted by Crippen LogP contribution is 2.42. The van der Waals surface area contributed by atoms with Gasteiger partial charge in [-0.05, 0) is 12.1 Å². The molecule has 2 fully saturated rings. The summed E-state index contributed by atoms with van der Waals surface area (Å²) in [5.74, 6) is -0.0416. The summed E-state index contributed by atoms with van der Waals surface area (Å²) >= 11 is 7.62. The Morgan fingerprint density at radius 3 is 2.82 bits per heavy atom. The molecule has 0 radical (unpaired) electrons. The highest BCUT2D eigenvalue weighted by atomic mass is 35.5. The first-order valence-corrected chi connectivity index (χ1v) is 10.0. The van der Waals surface area contributed by atoms with E-state index >= 15 is 0 Å². The summed E-state index contributed by atoms with van der Waals surface area (Å²) in [4.78, 5) is 17.6. The van der Waals surface area contributed by atoms with Crippen molar-refractivity contribution in [3.63, 3.8) is 0 Å². The number of para-hydroxylation sites is 1. The van der Waals surface area contributed by atoms with Crippen molar-refractivity contribution in [3.8, 4) is 0 Å². The smallest absolute Gasteiger partial charge is 0.247 e. The van der Waals surface area contributed by atoms with Crippen molar-refractivity contribution in [2.75, 3.05) is 16.4 Å². The summed E-state index contributed by atoms with van der Waals surface area (Å²) in [6.45, 7) is 1.75. The quantitative estimate of drug-likeness (QED) is 0.811. The van der Waals surface area contributed by atoms with E-state index in [1.807, 2.05) is 23.1 Å². The Bertz CT molecular complexity index is 748. The molecule has 2 aliphatic heterocycles. The zero-order valence-electron chi connectivity index (χ0n) is 11.9. The highest BCUT2D eigenvalue weighted by Gasteiger charge is 2.49. The summed E-state index contributed by atoms with van der Waals surface area (Å²) in [6.07, 6.45) is 0.314. The molecule has 2 heterocycles. The first-order chi connectivity index (χ1) is 10.4. The van der Waals surface area contributed by atoms with Crippen molar-refractivity contribution in [2.45, 2.75) is 24.6 Å². The molecule has 0 spiro atoms. The van der Waals surface area contributed by atoms with Crippen molar-refractivity contribution in [3.05, 3.63) is 29.3 Å². The number of hydrogen-bond acceptors (Lipinski definition) is 4. The van der Waals surface area contributed by atoms with E-state index in [1.165, 1.54) is 11.8 Å². The number of amides is 1. The third-order valence-electron chi connectivity index (χ3n) is 3.70. The monoisotopic (exact) mass is 358 g/mol. The maximum atomic E-state index is 11.9. The molecule has 118 valence electrons. The summed E-state index contributed by atoms with van der Waals surface area (Å²) in [5.41, 5.74) is 0.698. The molecule has 0 saturated carbocycles. The van der Waals surface area contributed by atoms with Crippen LogP contribution in [0.15, 0.2) is 29.3 Å². The van der Waals surface area contributed by atoms with Gasteiger partial charge in [-0.3, -0.25) is 4.79 Å². The normalized spacial score (nSPS) is 28.1. The van der Waals surface area contributed by atoms with E-state index < -0.39 is 9.84 Å². The van der Waals surface area contributed by atoms with Gasteiger partial charge in [0.25, 0.3) is 0 Å². The van der Waals surface area contributed by atoms with Crippen LogP contribution in [0.2, 0.25) is 5.02 Å². The molecule has 1 amide bonds. The van der Waals surface area contributed by atoms with E-state index in [2.05, 4.69) is 4.99 Å². The maximum Gasteiger partial charge on any atom is 0.247 e. The molecule has 0 bridgehead atoms. The van der Waals surface area contributed by atoms with Crippen LogP contribution in [0.3, 0.4) is 0 Å². The molecule has 22 heavy (non-hydrogen) atoms. The number of anilines is 1. The minimum atomic E-state index is -3.06. The van der Waals surface area contributed by atoms with Crippen LogP contribution in [0.1, 0.15) is 13.3 Å². The molecule has 0 N–H and O–H groups in total. The van der Waals surface area contributed by atoms with Crippen LogP contribution in [0.25, 0.3) is 0 Å². The van der Waals surface area contributed by atoms with E-state index in [0.717, 1.165) is 0 Å². The largest absolute Gasteiger partial charge is 0.314 e. The van der Waals surface area contributed by atoms with E-state index in [0.29, 0.717) is 22.3 Å². The number of aliphatic imine (C=N–C) groups is 1. The second kappa shape index (κ2) is 5.86. The first-order valence-electron chi connectivity index (χ1n) is 6.93. The molecule has 5 nitrogen and oxygen atoms in total. The van der Waals surface area contributed by atoms with Gasteiger partial charge in [0.2, 0.25) is 5.91 Å². The van der Waals surface area contributed by atoms with Gasteiger partial charge in [0.05, 0.1) is 28.3 Å². The fourth-order valence-corrected chi connectivity index (χ4v) is 6.83. The van der Waals surface area contributed by atoms with E-state index in [9.17, 15) is 13.2 Å². The van der Waals surface area contributed by atoms with Crippen LogP contribution in [-0.4, -0.2) is 42.3 Å². The number of benzene rings is 1. The van der Waals surface area contributed by atoms with Crippen molar-refractivity contribution < 1.29 is 13.2 Å². The van der Waals surface area contributed by atoms with Crippen molar-refractivity contribution in [1.29, 1.82) is 0 Å². The molecule has 0 aliphatic carbocycles. The molecule has 2 saturated heterocycles. The Kier molecular flexibility index (Phi) is 4.22. The predicted octanol–water partition coefficient (Wildman–Crippen LogP) is 2.35. The number of thioether (sulfide) groups is 1. The molecule has 1 aromatic rings. The van der Waals surface area contributed by atoms with Gasteiger partial charge in [-0.25, -0.2) is 8.42 Å². The number of carbonyl (C=O) groups excluding carboxylic acids is 1. The van der Waals surface area contributed by atoms with Gasteiger partial charge in [0.15, 0.2) is 15.0 Å². The molecule has 2 atom stereocenters. The third-order valence-corrected chi connectivity index (χ3v) is 7.23. The summed E-state index contributed by atoms with van der Waals surface area (Å²) in [7, 11) is -3.06. The Balaban J connectivity index is 2.05. The second-order valence-electron chi connectivity index (χ2n) is 5.26. The molecule has 0 unspecified atom stereocenters. The van der Waals surface area contributed by atoms with Gasteiger partial charge in [-0.1, -0.05) is 42.4 Å². The van der Waals surface area contributed by atoms with Crippen molar-refractivity contribution in [2.24, 2.45) is 4.99 Å². The first kappa shape index (κ1) is 15.8. The van der Waals surface area contributed by atoms with E-state index in [-0.39, 0.29) is 28.7 Å². The minimum absolute atomic E-state index is 0.0647. The Morgan fingerprint density at radius 2 is 2.14 bits per heavy atom. The Labute approximate surface area is 138 Å². The number of carbonyl (C=O) groups is 1. The zero-order chi connectivity index (χ0) is 15.9. The maximum absolute atomic E-state index is 11.9. The predicted molar refractivity (Wildman–Crippen MR) is 90.5 cm³/mol. The average Bonchev–Trinajstić information content (AvgIpc) is 2.91. The highest BCUT2D eigenvalue weighted by molar-refractivity contribution is 8.16. The Morgan fingerprint density at radius 1 is 1.41 bits per heavy atom. The van der Waals surface area contributed by atoms with Gasteiger partial charge < -0.3 is 4.90 Å². The number of nitrogens with zero attached hydrogens (tertiary/aromatic N) is 2. The fraction of sp³-hybridized carbons (Fsp3) is 0.429. The number of hydrogen-bond donors (Lipinski definition) is 0. The third kappa shape index (κ3) is 2.89. The van der Waals surface area contributed by atoms with Crippen LogP contribution in [0.5, 0.6) is 0 Å². The van der Waals surface area contributed by atoms with E-state index in [4.69, 9.17) is 11.6 Å². The number of halogens is 1. The fourth-order valence-electron chi connectivity index (χ4n) is 2.68. The van der Waals surface area contributed by atoms with Crippen molar-refractivity contribution in [1.82, 2.24) is 0 Å². The van der Waals surface area contributed by atoms with Crippen LogP contribution in [0.4, 0.5) is 5.69 Å². The minimum Gasteiger partial charge on any atom is -0.314 e. The van der Waals surface area contributed by atoms with Crippen LogP contribution < -0.4 is 4.90 Å². The lowest BCUT2D eigenvalue weighted by atomic mass is 10.2. The summed E-state index contributed by atoms with van der Waals surface area (Å²) in [6, 6.07) is 6.99. The van der Waals surface area contributed by atoms with Crippen LogP contribution in [0, 0.1) is 0 Å². The lowest BCUT2D eigenvalue weighted by molar-refractivity contribution is -0.117.